The molecule has 0 aliphatic carbocycles. The maximum Gasteiger partial charge on any atom is 0.410 e. The van der Waals surface area contributed by atoms with Crippen molar-refractivity contribution in [1.82, 2.24) is 24.5 Å². The van der Waals surface area contributed by atoms with Gasteiger partial charge in [0.25, 0.3) is 0 Å². The summed E-state index contributed by atoms with van der Waals surface area (Å²) in [6.45, 7) is 8.10. The number of fused-ring (bicyclic) bond motifs is 1. The van der Waals surface area contributed by atoms with Crippen molar-refractivity contribution in [2.45, 2.75) is 32.8 Å². The minimum atomic E-state index is -0.535. The Morgan fingerprint density at radius 1 is 0.944 bits per heavy atom. The van der Waals surface area contributed by atoms with Crippen LogP contribution in [0.25, 0.3) is 33.8 Å². The second-order valence-electron chi connectivity index (χ2n) is 9.86. The first kappa shape index (κ1) is 23.6. The van der Waals surface area contributed by atoms with Crippen LogP contribution in [0.3, 0.4) is 0 Å². The summed E-state index contributed by atoms with van der Waals surface area (Å²) in [6.07, 6.45) is 2.16. The third-order valence-electron chi connectivity index (χ3n) is 6.04. The summed E-state index contributed by atoms with van der Waals surface area (Å²) in [5, 5.41) is 2.18. The zero-order chi connectivity index (χ0) is 25.3. The molecule has 1 fully saturated rings. The number of nitrogens with two attached hydrogens (primary N) is 1. The molecule has 0 radical (unpaired) electrons. The molecule has 0 atom stereocenters. The monoisotopic (exact) mass is 485 g/mol. The Bertz CT molecular complexity index is 1380. The van der Waals surface area contributed by atoms with Crippen LogP contribution in [0.2, 0.25) is 0 Å². The van der Waals surface area contributed by atoms with Crippen molar-refractivity contribution in [3.8, 4) is 22.6 Å². The van der Waals surface area contributed by atoms with Crippen molar-refractivity contribution >= 4 is 23.1 Å². The Kier molecular flexibility index (Phi) is 6.22. The molecule has 9 nitrogen and oxygen atoms in total. The van der Waals surface area contributed by atoms with Crippen LogP contribution >= 0.6 is 0 Å². The average molecular weight is 486 g/mol. The molecule has 9 heteroatoms. The van der Waals surface area contributed by atoms with Gasteiger partial charge in [0.2, 0.25) is 0 Å². The molecule has 5 rings (SSSR count). The van der Waals surface area contributed by atoms with E-state index in [0.717, 1.165) is 41.0 Å². The fraction of sp³-hybridized carbons (Fsp3) is 0.333. The number of aromatic nitrogens is 4. The smallest absolute Gasteiger partial charge is 0.410 e. The second kappa shape index (κ2) is 9.49. The van der Waals surface area contributed by atoms with Crippen LogP contribution in [0.1, 0.15) is 27.2 Å². The topological polar surface area (TPSA) is 102 Å². The Labute approximate surface area is 210 Å². The number of hydrogen-bond donors (Lipinski definition) is 1. The normalized spacial score (nSPS) is 14.6. The predicted octanol–water partition coefficient (Wildman–Crippen LogP) is 4.32. The third kappa shape index (κ3) is 4.82. The largest absolute Gasteiger partial charge is 0.444 e. The highest BCUT2D eigenvalue weighted by Crippen LogP contribution is 2.29. The molecule has 1 saturated heterocycles. The van der Waals surface area contributed by atoms with Crippen molar-refractivity contribution < 1.29 is 9.53 Å². The first-order valence-electron chi connectivity index (χ1n) is 12.2. The zero-order valence-electron chi connectivity index (χ0n) is 20.9. The summed E-state index contributed by atoms with van der Waals surface area (Å²) >= 11 is 0. The lowest BCUT2D eigenvalue weighted by Crippen LogP contribution is -2.41. The minimum Gasteiger partial charge on any atom is -0.444 e. The molecule has 1 amide bonds. The van der Waals surface area contributed by atoms with Gasteiger partial charge in [-0.3, -0.25) is 0 Å². The van der Waals surface area contributed by atoms with Crippen LogP contribution < -0.4 is 10.7 Å². The number of rotatable bonds is 3. The van der Waals surface area contributed by atoms with E-state index in [1.807, 2.05) is 80.0 Å². The SMILES string of the molecule is CC(C)(C)OC(=O)N1CCCN(n2c(-c3cccnc3N)nc3ccc(-c4ccccc4)nc32)CC1. The summed E-state index contributed by atoms with van der Waals surface area (Å²) in [4.78, 5) is 28.7. The van der Waals surface area contributed by atoms with Gasteiger partial charge in [0.15, 0.2) is 11.5 Å². The number of hydrogen-bond acceptors (Lipinski definition) is 7. The number of nitrogens with zero attached hydrogens (tertiary/aromatic N) is 6. The number of ether oxygens (including phenoxy) is 1. The Morgan fingerprint density at radius 3 is 2.50 bits per heavy atom. The Morgan fingerprint density at radius 2 is 1.75 bits per heavy atom. The average Bonchev–Trinajstić information content (AvgIpc) is 3.04. The first-order valence-corrected chi connectivity index (χ1v) is 12.2. The van der Waals surface area contributed by atoms with Crippen LogP contribution in [-0.4, -0.2) is 62.4 Å². The number of amides is 1. The van der Waals surface area contributed by atoms with E-state index in [0.29, 0.717) is 31.3 Å². The first-order chi connectivity index (χ1) is 17.3. The Balaban J connectivity index is 1.56. The molecule has 1 aliphatic heterocycles. The highest BCUT2D eigenvalue weighted by molar-refractivity contribution is 5.82. The molecule has 2 N–H and O–H groups in total. The van der Waals surface area contributed by atoms with Gasteiger partial charge < -0.3 is 20.4 Å². The lowest BCUT2D eigenvalue weighted by molar-refractivity contribution is 0.0263. The van der Waals surface area contributed by atoms with Gasteiger partial charge in [0, 0.05) is 31.4 Å². The molecule has 1 aliphatic rings. The molecule has 4 aromatic rings. The van der Waals surface area contributed by atoms with E-state index < -0.39 is 5.60 Å². The van der Waals surface area contributed by atoms with E-state index in [1.165, 1.54) is 0 Å². The van der Waals surface area contributed by atoms with Crippen molar-refractivity contribution in [1.29, 1.82) is 0 Å². The van der Waals surface area contributed by atoms with Gasteiger partial charge >= 0.3 is 6.09 Å². The molecule has 1 aromatic carbocycles. The minimum absolute atomic E-state index is 0.291. The number of pyridine rings is 2. The molecule has 36 heavy (non-hydrogen) atoms. The molecule has 0 unspecified atom stereocenters. The summed E-state index contributed by atoms with van der Waals surface area (Å²) < 4.78 is 7.65. The quantitative estimate of drug-likeness (QED) is 0.461. The van der Waals surface area contributed by atoms with Crippen LogP contribution in [0.4, 0.5) is 10.6 Å². The number of carbonyl (C=O) groups is 1. The molecule has 0 spiro atoms. The van der Waals surface area contributed by atoms with Crippen molar-refractivity contribution in [3.05, 3.63) is 60.8 Å². The summed E-state index contributed by atoms with van der Waals surface area (Å²) in [7, 11) is 0. The summed E-state index contributed by atoms with van der Waals surface area (Å²) in [5.74, 6) is 1.08. The highest BCUT2D eigenvalue weighted by Gasteiger charge is 2.27. The van der Waals surface area contributed by atoms with Crippen LogP contribution in [0.15, 0.2) is 60.8 Å². The van der Waals surface area contributed by atoms with Crippen LogP contribution in [0.5, 0.6) is 0 Å². The van der Waals surface area contributed by atoms with E-state index >= 15 is 0 Å². The molecule has 186 valence electrons. The maximum absolute atomic E-state index is 12.7. The van der Waals surface area contributed by atoms with Gasteiger partial charge in [-0.1, -0.05) is 30.3 Å². The predicted molar refractivity (Wildman–Crippen MR) is 141 cm³/mol. The number of anilines is 1. The standard InChI is InChI=1S/C27H31N7O2/c1-27(2,3)36-26(35)32-15-8-16-33(18-17-32)34-24(20-11-7-14-29-23(20)28)31-22-13-12-21(30-25(22)34)19-9-5-4-6-10-19/h4-7,9-14H,8,15-18H2,1-3H3,(H2,28,29). The third-order valence-corrected chi connectivity index (χ3v) is 6.04. The fourth-order valence-corrected chi connectivity index (χ4v) is 4.38. The highest BCUT2D eigenvalue weighted by atomic mass is 16.6. The van der Waals surface area contributed by atoms with E-state index in [1.54, 1.807) is 11.1 Å². The van der Waals surface area contributed by atoms with Crippen LogP contribution in [-0.2, 0) is 4.74 Å². The summed E-state index contributed by atoms with van der Waals surface area (Å²) in [5.41, 5.74) is 9.87. The molecule has 0 saturated carbocycles. The van der Waals surface area contributed by atoms with E-state index in [2.05, 4.69) is 9.99 Å². The van der Waals surface area contributed by atoms with Gasteiger partial charge in [0.05, 0.1) is 17.8 Å². The summed E-state index contributed by atoms with van der Waals surface area (Å²) in [6, 6.07) is 17.8. The number of nitrogen functional groups attached to an aromatic ring is 1. The van der Waals surface area contributed by atoms with Gasteiger partial charge in [-0.05, 0) is 51.5 Å². The maximum atomic E-state index is 12.7. The second-order valence-corrected chi connectivity index (χ2v) is 9.86. The van der Waals surface area contributed by atoms with Crippen LogP contribution in [0, 0.1) is 0 Å². The van der Waals surface area contributed by atoms with Gasteiger partial charge in [-0.25, -0.2) is 24.4 Å². The molecule has 0 bridgehead atoms. The van der Waals surface area contributed by atoms with Gasteiger partial charge in [0.1, 0.15) is 16.9 Å². The molecular formula is C27H31N7O2. The number of carbonyl (C=O) groups excluding carboxylic acids is 1. The number of benzene rings is 1. The molecular weight excluding hydrogens is 454 g/mol. The van der Waals surface area contributed by atoms with Crippen molar-refractivity contribution in [2.75, 3.05) is 36.9 Å². The van der Waals surface area contributed by atoms with Gasteiger partial charge in [-0.2, -0.15) is 0 Å². The molecule has 4 heterocycles. The van der Waals surface area contributed by atoms with Crippen molar-refractivity contribution in [3.63, 3.8) is 0 Å². The van der Waals surface area contributed by atoms with E-state index in [4.69, 9.17) is 20.4 Å². The van der Waals surface area contributed by atoms with E-state index in [9.17, 15) is 4.79 Å². The number of imidazole rings is 1. The van der Waals surface area contributed by atoms with Gasteiger partial charge in [-0.15, -0.1) is 0 Å². The Hall–Kier alpha value is -4.14. The lowest BCUT2D eigenvalue weighted by atomic mass is 10.1. The zero-order valence-corrected chi connectivity index (χ0v) is 20.9. The van der Waals surface area contributed by atoms with E-state index in [-0.39, 0.29) is 6.09 Å². The fourth-order valence-electron chi connectivity index (χ4n) is 4.38. The lowest BCUT2D eigenvalue weighted by Gasteiger charge is -2.28. The van der Waals surface area contributed by atoms with Crippen molar-refractivity contribution in [2.24, 2.45) is 0 Å². The molecule has 3 aromatic heterocycles.